The van der Waals surface area contributed by atoms with Crippen LogP contribution in [0.1, 0.15) is 104 Å². The van der Waals surface area contributed by atoms with Gasteiger partial charge in [0.05, 0.1) is 0 Å². The largest absolute Gasteiger partial charge is 0.466 e. The van der Waals surface area contributed by atoms with Crippen molar-refractivity contribution in [2.45, 2.75) is 104 Å². The van der Waals surface area contributed by atoms with E-state index < -0.39 is 7.82 Å². The molecule has 0 heterocycles. The second kappa shape index (κ2) is 19.4. The van der Waals surface area contributed by atoms with E-state index in [0.29, 0.717) is 0 Å². The maximum Gasteiger partial charge on any atom is 0.466 e. The monoisotopic (exact) mass is 367 g/mol. The molecule has 0 aliphatic rings. The topological polar surface area (TPSA) is 104 Å². The van der Waals surface area contributed by atoms with Gasteiger partial charge in [-0.2, -0.15) is 0 Å². The van der Waals surface area contributed by atoms with Crippen molar-refractivity contribution in [3.63, 3.8) is 0 Å². The minimum absolute atomic E-state index is 0.872. The molecule has 0 aromatic carbocycles. The Morgan fingerprint density at radius 1 is 0.667 bits per heavy atom. The highest BCUT2D eigenvalue weighted by Crippen LogP contribution is 2.25. The third-order valence-corrected chi connectivity index (χ3v) is 3.99. The Bertz CT molecular complexity index is 274. The predicted molar refractivity (Wildman–Crippen MR) is 103 cm³/mol. The maximum absolute atomic E-state index is 8.88. The average Bonchev–Trinajstić information content (AvgIpc) is 2.45. The molecule has 148 valence electrons. The van der Waals surface area contributed by atoms with Crippen LogP contribution < -0.4 is 5.73 Å². The second-order valence-corrected chi connectivity index (χ2v) is 8.11. The molecule has 0 saturated carbocycles. The molecule has 6 heteroatoms. The van der Waals surface area contributed by atoms with Gasteiger partial charge in [0, 0.05) is 0 Å². The number of unbranched alkanes of at least 4 members (excludes halogenated alkanes) is 12. The molecule has 0 saturated heterocycles. The van der Waals surface area contributed by atoms with Crippen LogP contribution in [0, 0.1) is 5.92 Å². The van der Waals surface area contributed by atoms with Crippen molar-refractivity contribution in [2.24, 2.45) is 11.7 Å². The molecule has 0 amide bonds. The molecule has 0 aromatic heterocycles. The zero-order chi connectivity index (χ0) is 18.7. The summed E-state index contributed by atoms with van der Waals surface area (Å²) in [4.78, 5) is 21.6. The molecule has 0 aliphatic carbocycles. The molecule has 24 heavy (non-hydrogen) atoms. The van der Waals surface area contributed by atoms with Crippen LogP contribution in [-0.2, 0) is 4.57 Å². The van der Waals surface area contributed by atoms with Gasteiger partial charge in [-0.25, -0.2) is 4.57 Å². The van der Waals surface area contributed by atoms with Crippen molar-refractivity contribution in [3.05, 3.63) is 0 Å². The van der Waals surface area contributed by atoms with Gasteiger partial charge in [-0.15, -0.1) is 0 Å². The molecule has 5 nitrogen and oxygen atoms in total. The summed E-state index contributed by atoms with van der Waals surface area (Å²) >= 11 is 0. The van der Waals surface area contributed by atoms with Crippen molar-refractivity contribution in [1.82, 2.24) is 0 Å². The van der Waals surface area contributed by atoms with Crippen LogP contribution in [-0.4, -0.2) is 21.2 Å². The van der Waals surface area contributed by atoms with E-state index in [1.807, 2.05) is 0 Å². The third kappa shape index (κ3) is 37.9. The molecule has 0 fully saturated rings. The van der Waals surface area contributed by atoms with Gasteiger partial charge in [-0.3, -0.25) is 0 Å². The van der Waals surface area contributed by atoms with Crippen LogP contribution >= 0.6 is 7.82 Å². The van der Waals surface area contributed by atoms with Crippen LogP contribution in [0.25, 0.3) is 0 Å². The first kappa shape index (κ1) is 26.3. The highest BCUT2D eigenvalue weighted by molar-refractivity contribution is 7.45. The van der Waals surface area contributed by atoms with E-state index in [-0.39, 0.29) is 0 Å². The Morgan fingerprint density at radius 2 is 0.917 bits per heavy atom. The Hall–Kier alpha value is 0.0700. The van der Waals surface area contributed by atoms with Crippen molar-refractivity contribution >= 4 is 7.82 Å². The quantitative estimate of drug-likeness (QED) is 0.237. The van der Waals surface area contributed by atoms with E-state index in [1.54, 1.807) is 0 Å². The summed E-state index contributed by atoms with van der Waals surface area (Å²) in [6.45, 7) is 5.53. The normalized spacial score (nSPS) is 11.5. The number of hydrogen-bond donors (Lipinski definition) is 4. The van der Waals surface area contributed by atoms with Gasteiger partial charge < -0.3 is 20.4 Å². The Labute approximate surface area is 149 Å². The van der Waals surface area contributed by atoms with Crippen LogP contribution in [0.15, 0.2) is 0 Å². The summed E-state index contributed by atoms with van der Waals surface area (Å²) in [7, 11) is -4.64. The Kier molecular flexibility index (Phi) is 21.3. The lowest BCUT2D eigenvalue weighted by atomic mass is 10.0. The lowest BCUT2D eigenvalue weighted by Gasteiger charge is -2.04. The van der Waals surface area contributed by atoms with Gasteiger partial charge >= 0.3 is 7.82 Å². The number of rotatable bonds is 15. The molecule has 0 spiro atoms. The van der Waals surface area contributed by atoms with Gasteiger partial charge in [0.1, 0.15) is 0 Å². The zero-order valence-corrected chi connectivity index (χ0v) is 16.9. The Morgan fingerprint density at radius 3 is 1.17 bits per heavy atom. The minimum Gasteiger partial charge on any atom is -0.330 e. The first-order chi connectivity index (χ1) is 11.3. The van der Waals surface area contributed by atoms with Crippen molar-refractivity contribution in [1.29, 1.82) is 0 Å². The number of nitrogens with two attached hydrogens (primary N) is 1. The molecule has 0 radical (unpaired) electrons. The molecule has 0 aliphatic heterocycles. The second-order valence-electron chi connectivity index (χ2n) is 7.08. The summed E-state index contributed by atoms with van der Waals surface area (Å²) in [5.74, 6) is 0.893. The van der Waals surface area contributed by atoms with Crippen LogP contribution in [0.3, 0.4) is 0 Å². The smallest absolute Gasteiger partial charge is 0.330 e. The Balaban J connectivity index is 0. The minimum atomic E-state index is -4.64. The summed E-state index contributed by atoms with van der Waals surface area (Å²) in [5.41, 5.74) is 5.48. The highest BCUT2D eigenvalue weighted by atomic mass is 31.2. The van der Waals surface area contributed by atoms with E-state index in [1.165, 1.54) is 89.9 Å². The summed E-state index contributed by atoms with van der Waals surface area (Å²) in [6.07, 6.45) is 19.9. The van der Waals surface area contributed by atoms with Crippen molar-refractivity contribution in [2.75, 3.05) is 6.54 Å². The van der Waals surface area contributed by atoms with Gasteiger partial charge in [-0.1, -0.05) is 97.3 Å². The SMILES string of the molecule is CC(C)CCCCCCCCCCCCCCCN.O=P(O)(O)O. The molecular formula is C18H42NO4P. The van der Waals surface area contributed by atoms with E-state index in [4.69, 9.17) is 25.0 Å². The van der Waals surface area contributed by atoms with Crippen molar-refractivity contribution < 1.29 is 19.2 Å². The summed E-state index contributed by atoms with van der Waals surface area (Å²) in [5, 5.41) is 0. The molecule has 0 rings (SSSR count). The molecular weight excluding hydrogens is 325 g/mol. The predicted octanol–water partition coefficient (Wildman–Crippen LogP) is 5.13. The zero-order valence-electron chi connectivity index (χ0n) is 16.0. The fourth-order valence-corrected chi connectivity index (χ4v) is 2.64. The fourth-order valence-electron chi connectivity index (χ4n) is 2.64. The molecule has 0 bridgehead atoms. The van der Waals surface area contributed by atoms with Crippen molar-refractivity contribution in [3.8, 4) is 0 Å². The molecule has 0 unspecified atom stereocenters. The van der Waals surface area contributed by atoms with Gasteiger partial charge in [0.25, 0.3) is 0 Å². The van der Waals surface area contributed by atoms with Gasteiger partial charge in [-0.05, 0) is 18.9 Å². The molecule has 5 N–H and O–H groups in total. The van der Waals surface area contributed by atoms with E-state index >= 15 is 0 Å². The van der Waals surface area contributed by atoms with Gasteiger partial charge in [0.2, 0.25) is 0 Å². The van der Waals surface area contributed by atoms with Crippen LogP contribution in [0.4, 0.5) is 0 Å². The summed E-state index contributed by atoms with van der Waals surface area (Å²) < 4.78 is 8.88. The molecule has 0 aromatic rings. The number of phosphoric acid groups is 1. The first-order valence-electron chi connectivity index (χ1n) is 9.75. The average molecular weight is 368 g/mol. The standard InChI is InChI=1S/C18H39N.H3O4P/c1-18(2)16-14-12-10-8-6-4-3-5-7-9-11-13-15-17-19;1-5(2,3)4/h18H,3-17,19H2,1-2H3;(H3,1,2,3,4). The van der Waals surface area contributed by atoms with Crippen LogP contribution in [0.2, 0.25) is 0 Å². The van der Waals surface area contributed by atoms with Crippen LogP contribution in [0.5, 0.6) is 0 Å². The lowest BCUT2D eigenvalue weighted by molar-refractivity contribution is 0.275. The van der Waals surface area contributed by atoms with E-state index in [9.17, 15) is 0 Å². The third-order valence-electron chi connectivity index (χ3n) is 3.99. The lowest BCUT2D eigenvalue weighted by Crippen LogP contribution is -1.97. The fraction of sp³-hybridized carbons (Fsp3) is 1.00. The maximum atomic E-state index is 8.88. The van der Waals surface area contributed by atoms with Gasteiger partial charge in [0.15, 0.2) is 0 Å². The van der Waals surface area contributed by atoms with E-state index in [0.717, 1.165) is 12.5 Å². The first-order valence-corrected chi connectivity index (χ1v) is 11.3. The molecule has 0 atom stereocenters. The van der Waals surface area contributed by atoms with E-state index in [2.05, 4.69) is 13.8 Å². The summed E-state index contributed by atoms with van der Waals surface area (Å²) in [6, 6.07) is 0. The number of hydrogen-bond acceptors (Lipinski definition) is 2. The highest BCUT2D eigenvalue weighted by Gasteiger charge is 2.00.